The van der Waals surface area contributed by atoms with E-state index in [1.807, 2.05) is 19.3 Å². The van der Waals surface area contributed by atoms with Crippen molar-refractivity contribution in [2.75, 3.05) is 76.5 Å². The Kier molecular flexibility index (Phi) is 25.4. The van der Waals surface area contributed by atoms with Crippen LogP contribution in [0.15, 0.2) is 0 Å². The van der Waals surface area contributed by atoms with Crippen molar-refractivity contribution in [1.29, 1.82) is 0 Å². The van der Waals surface area contributed by atoms with Gasteiger partial charge in [-0.2, -0.15) is 29.0 Å². The minimum atomic E-state index is -0.739. The van der Waals surface area contributed by atoms with Gasteiger partial charge in [0.2, 0.25) is 23.6 Å². The van der Waals surface area contributed by atoms with E-state index in [-0.39, 0.29) is 36.8 Å². The highest BCUT2D eigenvalue weighted by atomic mass is 32.2. The number of rotatable bonds is 19. The highest BCUT2D eigenvalue weighted by Gasteiger charge is 2.16. The number of carbonyl (C=O) groups excluding carboxylic acids is 5. The molecule has 14 nitrogen and oxygen atoms in total. The lowest BCUT2D eigenvalue weighted by atomic mass is 10.2. The summed E-state index contributed by atoms with van der Waals surface area (Å²) in [6.07, 6.45) is 0.307. The number of hydrogen-bond donors (Lipinski definition) is 4. The van der Waals surface area contributed by atoms with Gasteiger partial charge in [0.15, 0.2) is 6.61 Å². The van der Waals surface area contributed by atoms with Crippen molar-refractivity contribution in [3.05, 3.63) is 0 Å². The lowest BCUT2D eigenvalue weighted by Crippen LogP contribution is -2.36. The molecule has 0 aromatic heterocycles. The van der Waals surface area contributed by atoms with Crippen LogP contribution < -0.4 is 22.0 Å². The third-order valence-corrected chi connectivity index (χ3v) is 6.64. The molecule has 0 fully saturated rings. The highest BCUT2D eigenvalue weighted by molar-refractivity contribution is 7.99. The Morgan fingerprint density at radius 2 is 1.20 bits per heavy atom. The summed E-state index contributed by atoms with van der Waals surface area (Å²) in [5.74, 6) is 7.71. The average Bonchev–Trinajstić information content (AvgIpc) is 2.90. The van der Waals surface area contributed by atoms with Gasteiger partial charge in [-0.05, 0) is 20.8 Å². The van der Waals surface area contributed by atoms with Crippen molar-refractivity contribution in [2.24, 2.45) is 5.90 Å². The summed E-state index contributed by atoms with van der Waals surface area (Å²) in [7, 11) is 3.58. The summed E-state index contributed by atoms with van der Waals surface area (Å²) in [5, 5.41) is 5.33. The molecule has 0 aliphatic carbocycles. The van der Waals surface area contributed by atoms with E-state index in [0.717, 1.165) is 29.6 Å². The number of thioether (sulfide) groups is 2. The maximum atomic E-state index is 11.5. The Morgan fingerprint density at radius 1 is 0.756 bits per heavy atom. The van der Waals surface area contributed by atoms with Crippen LogP contribution in [-0.4, -0.2) is 122 Å². The molecule has 0 atom stereocenters. The number of hydroxylamine groups is 1. The lowest BCUT2D eigenvalue weighted by Gasteiger charge is -2.19. The van der Waals surface area contributed by atoms with Crippen molar-refractivity contribution in [2.45, 2.75) is 53.1 Å². The molecule has 0 aromatic rings. The second kappa shape index (κ2) is 25.4. The Balaban J connectivity index is 0. The number of ether oxygens (including phenoxy) is 1. The fourth-order valence-corrected chi connectivity index (χ4v) is 4.27. The maximum absolute atomic E-state index is 11.5. The van der Waals surface area contributed by atoms with Crippen LogP contribution in [0.5, 0.6) is 0 Å². The van der Waals surface area contributed by atoms with Crippen LogP contribution in [0.2, 0.25) is 0 Å². The quantitative estimate of drug-likeness (QED) is 0.117. The molecule has 0 saturated carbocycles. The van der Waals surface area contributed by atoms with Crippen molar-refractivity contribution in [1.82, 2.24) is 25.9 Å². The first-order valence-electron chi connectivity index (χ1n) is 13.4. The van der Waals surface area contributed by atoms with E-state index in [2.05, 4.69) is 15.5 Å². The summed E-state index contributed by atoms with van der Waals surface area (Å²) in [6, 6.07) is 0. The molecule has 0 rings (SSSR count). The van der Waals surface area contributed by atoms with Gasteiger partial charge in [-0.3, -0.25) is 28.9 Å². The van der Waals surface area contributed by atoms with Gasteiger partial charge in [0.25, 0.3) is 0 Å². The van der Waals surface area contributed by atoms with Gasteiger partial charge in [0.05, 0.1) is 0 Å². The topological polar surface area (TPSA) is 182 Å². The second-order valence-corrected chi connectivity index (χ2v) is 11.9. The number of nitrogens with two attached hydrogens (primary N) is 1. The van der Waals surface area contributed by atoms with Gasteiger partial charge in [0.1, 0.15) is 12.2 Å². The highest BCUT2D eigenvalue weighted by Crippen LogP contribution is 2.06. The zero-order valence-corrected chi connectivity index (χ0v) is 27.2. The van der Waals surface area contributed by atoms with Gasteiger partial charge < -0.3 is 25.2 Å². The molecule has 0 radical (unpaired) electrons. The summed E-state index contributed by atoms with van der Waals surface area (Å²) in [6.45, 7) is 11.0. The average molecular weight is 627 g/mol. The first kappa shape index (κ1) is 40.9. The van der Waals surface area contributed by atoms with Crippen LogP contribution >= 0.6 is 23.5 Å². The summed E-state index contributed by atoms with van der Waals surface area (Å²) in [4.78, 5) is 68.6. The van der Waals surface area contributed by atoms with Crippen molar-refractivity contribution >= 4 is 53.2 Å². The van der Waals surface area contributed by atoms with E-state index in [1.165, 1.54) is 0 Å². The molecule has 0 aliphatic heterocycles. The predicted molar refractivity (Wildman–Crippen MR) is 162 cm³/mol. The van der Waals surface area contributed by atoms with Gasteiger partial charge in [0, 0.05) is 76.1 Å². The van der Waals surface area contributed by atoms with E-state index >= 15 is 0 Å². The SMILES string of the molecule is CCC(=O)N(C)CCSCCNC(=O)CON.CCC(=O)N(C)CCSCCNC(=O)CONC(=O)OC(C)(C)C. The molecule has 0 spiro atoms. The standard InChI is InChI=1S/C15H29N3O5S.C10H21N3O3S/c1-6-13(20)18(5)8-10-24-9-7-16-12(19)11-22-17-14(21)23-15(2,3)4;1-3-10(15)13(2)5-7-17-6-4-12-9(14)8-16-11/h6-11H2,1-5H3,(H,16,19)(H,17,21);3-8,11H2,1-2H3,(H,12,14). The Hall–Kier alpha value is -2.27. The first-order chi connectivity index (χ1) is 19.3. The molecule has 0 aliphatic rings. The lowest BCUT2D eigenvalue weighted by molar-refractivity contribution is -0.130. The van der Waals surface area contributed by atoms with E-state index in [9.17, 15) is 24.0 Å². The van der Waals surface area contributed by atoms with Crippen LogP contribution in [-0.2, 0) is 33.6 Å². The van der Waals surface area contributed by atoms with Crippen LogP contribution in [0, 0.1) is 0 Å². The predicted octanol–water partition coefficient (Wildman–Crippen LogP) is 0.755. The number of hydrogen-bond acceptors (Lipinski definition) is 11. The van der Waals surface area contributed by atoms with Gasteiger partial charge in [-0.15, -0.1) is 0 Å². The molecule has 16 heteroatoms. The van der Waals surface area contributed by atoms with Gasteiger partial charge in [-0.25, -0.2) is 10.7 Å². The smallest absolute Gasteiger partial charge is 0.431 e. The van der Waals surface area contributed by atoms with E-state index in [0.29, 0.717) is 32.5 Å². The second-order valence-electron chi connectivity index (χ2n) is 9.47. The number of amides is 5. The maximum Gasteiger partial charge on any atom is 0.431 e. The zero-order chi connectivity index (χ0) is 31.7. The van der Waals surface area contributed by atoms with Gasteiger partial charge in [-0.1, -0.05) is 13.8 Å². The molecule has 0 bridgehead atoms. The van der Waals surface area contributed by atoms with Crippen LogP contribution in [0.4, 0.5) is 4.79 Å². The Morgan fingerprint density at radius 3 is 1.59 bits per heavy atom. The molecule has 240 valence electrons. The molecular formula is C25H50N6O8S2. The van der Waals surface area contributed by atoms with Crippen molar-refractivity contribution < 1.29 is 38.4 Å². The molecule has 0 unspecified atom stereocenters. The number of nitrogens with one attached hydrogen (secondary N) is 3. The van der Waals surface area contributed by atoms with E-state index in [4.69, 9.17) is 15.5 Å². The largest absolute Gasteiger partial charge is 0.442 e. The summed E-state index contributed by atoms with van der Waals surface area (Å²) in [5.41, 5.74) is 1.42. The number of nitrogens with zero attached hydrogens (tertiary/aromatic N) is 2. The van der Waals surface area contributed by atoms with Crippen LogP contribution in [0.25, 0.3) is 0 Å². The van der Waals surface area contributed by atoms with Crippen LogP contribution in [0.1, 0.15) is 47.5 Å². The molecule has 0 aromatic carbocycles. The zero-order valence-electron chi connectivity index (χ0n) is 25.5. The normalized spacial score (nSPS) is 10.5. The summed E-state index contributed by atoms with van der Waals surface area (Å²) >= 11 is 3.34. The fraction of sp³-hybridized carbons (Fsp3) is 0.800. The molecule has 5 amide bonds. The Bertz CT molecular complexity index is 771. The number of carbonyl (C=O) groups is 5. The molecular weight excluding hydrogens is 576 g/mol. The van der Waals surface area contributed by atoms with E-state index < -0.39 is 11.7 Å². The minimum absolute atomic E-state index is 0.113. The van der Waals surface area contributed by atoms with Crippen molar-refractivity contribution in [3.8, 4) is 0 Å². The van der Waals surface area contributed by atoms with Crippen molar-refractivity contribution in [3.63, 3.8) is 0 Å². The molecule has 41 heavy (non-hydrogen) atoms. The summed E-state index contributed by atoms with van der Waals surface area (Å²) < 4.78 is 4.95. The van der Waals surface area contributed by atoms with Crippen LogP contribution in [0.3, 0.4) is 0 Å². The monoisotopic (exact) mass is 626 g/mol. The molecule has 0 saturated heterocycles. The minimum Gasteiger partial charge on any atom is -0.442 e. The third kappa shape index (κ3) is 27.7. The third-order valence-electron chi connectivity index (χ3n) is 4.71. The molecule has 0 heterocycles. The first-order valence-corrected chi connectivity index (χ1v) is 15.7. The molecule has 5 N–H and O–H groups in total. The van der Waals surface area contributed by atoms with Gasteiger partial charge >= 0.3 is 6.09 Å². The van der Waals surface area contributed by atoms with E-state index in [1.54, 1.807) is 68.2 Å². The Labute approximate surface area is 252 Å². The fourth-order valence-electron chi connectivity index (χ4n) is 2.56.